The van der Waals surface area contributed by atoms with Crippen LogP contribution in [0.15, 0.2) is 30.3 Å². The Kier molecular flexibility index (Phi) is 2.99. The van der Waals surface area contributed by atoms with Gasteiger partial charge in [0.15, 0.2) is 0 Å². The number of nitrogens with zero attached hydrogens (tertiary/aromatic N) is 2. The Morgan fingerprint density at radius 3 is 2.74 bits per heavy atom. The molecule has 1 aromatic heterocycles. The number of esters is 1. The van der Waals surface area contributed by atoms with E-state index in [4.69, 9.17) is 4.74 Å². The Bertz CT molecular complexity index is 624. The molecule has 0 spiro atoms. The molecule has 3 rings (SSSR count). The summed E-state index contributed by atoms with van der Waals surface area (Å²) < 4.78 is 5.43. The molecule has 0 saturated carbocycles. The number of carbonyl (C=O) groups excluding carboxylic acids is 1. The Hall–Kier alpha value is -2.23. The van der Waals surface area contributed by atoms with Gasteiger partial charge in [-0.2, -0.15) is 4.98 Å². The first-order chi connectivity index (χ1) is 9.24. The van der Waals surface area contributed by atoms with Crippen LogP contribution in [0.2, 0.25) is 0 Å². The molecule has 0 unspecified atom stereocenters. The van der Waals surface area contributed by atoms with Crippen molar-refractivity contribution < 1.29 is 9.53 Å². The number of fused-ring (bicyclic) bond motifs is 1. The van der Waals surface area contributed by atoms with Crippen LogP contribution in [0.4, 0.5) is 0 Å². The average molecular weight is 254 g/mol. The zero-order valence-electron chi connectivity index (χ0n) is 10.7. The number of rotatable bonds is 2. The minimum atomic E-state index is -0.368. The van der Waals surface area contributed by atoms with Crippen LogP contribution in [-0.4, -0.2) is 15.9 Å². The molecule has 0 fully saturated rings. The third kappa shape index (κ3) is 2.34. The number of aromatic nitrogens is 2. The molecule has 4 heteroatoms. The fraction of sp³-hybridized carbons (Fsp3) is 0.267. The summed E-state index contributed by atoms with van der Waals surface area (Å²) >= 11 is 0. The molecule has 0 amide bonds. The second-order valence-corrected chi connectivity index (χ2v) is 4.61. The normalized spacial score (nSPS) is 13.1. The highest BCUT2D eigenvalue weighted by Crippen LogP contribution is 2.28. The van der Waals surface area contributed by atoms with Crippen LogP contribution in [0.25, 0.3) is 0 Å². The lowest BCUT2D eigenvalue weighted by Crippen LogP contribution is -2.12. The van der Waals surface area contributed by atoms with Crippen molar-refractivity contribution in [2.24, 2.45) is 0 Å². The molecule has 96 valence electrons. The molecule has 0 saturated heterocycles. The maximum Gasteiger partial charge on any atom is 0.344 e. The van der Waals surface area contributed by atoms with Crippen molar-refractivity contribution in [3.8, 4) is 5.88 Å². The van der Waals surface area contributed by atoms with E-state index in [1.165, 1.54) is 0 Å². The van der Waals surface area contributed by atoms with E-state index in [0.717, 1.165) is 30.5 Å². The minimum absolute atomic E-state index is 0.368. The van der Waals surface area contributed by atoms with Crippen LogP contribution in [0, 0.1) is 6.92 Å². The summed E-state index contributed by atoms with van der Waals surface area (Å²) in [6.07, 6.45) is 2.87. The lowest BCUT2D eigenvalue weighted by molar-refractivity contribution is 0.0725. The SMILES string of the molecule is Cc1nc2c(c(OC(=O)c3ccccc3)n1)CCC2. The van der Waals surface area contributed by atoms with E-state index in [2.05, 4.69) is 9.97 Å². The molecule has 0 atom stereocenters. The highest BCUT2D eigenvalue weighted by Gasteiger charge is 2.21. The van der Waals surface area contributed by atoms with Crippen molar-refractivity contribution in [2.45, 2.75) is 26.2 Å². The first-order valence-corrected chi connectivity index (χ1v) is 6.37. The number of hydrogen-bond donors (Lipinski definition) is 0. The van der Waals surface area contributed by atoms with Crippen LogP contribution in [0.3, 0.4) is 0 Å². The number of aryl methyl sites for hydroxylation is 2. The number of carbonyl (C=O) groups is 1. The second kappa shape index (κ2) is 4.80. The van der Waals surface area contributed by atoms with Gasteiger partial charge in [0.1, 0.15) is 5.82 Å². The van der Waals surface area contributed by atoms with Crippen LogP contribution in [0.1, 0.15) is 33.9 Å². The van der Waals surface area contributed by atoms with Crippen molar-refractivity contribution in [3.63, 3.8) is 0 Å². The topological polar surface area (TPSA) is 52.1 Å². The Labute approximate surface area is 111 Å². The molecule has 4 nitrogen and oxygen atoms in total. The lowest BCUT2D eigenvalue weighted by Gasteiger charge is -2.08. The smallest absolute Gasteiger partial charge is 0.344 e. The first-order valence-electron chi connectivity index (χ1n) is 6.37. The zero-order valence-corrected chi connectivity index (χ0v) is 10.7. The maximum absolute atomic E-state index is 12.0. The van der Waals surface area contributed by atoms with Gasteiger partial charge in [-0.3, -0.25) is 0 Å². The third-order valence-corrected chi connectivity index (χ3v) is 3.21. The summed E-state index contributed by atoms with van der Waals surface area (Å²) in [6.45, 7) is 1.82. The van der Waals surface area contributed by atoms with Crippen LogP contribution in [0.5, 0.6) is 5.88 Å². The van der Waals surface area contributed by atoms with Gasteiger partial charge in [-0.1, -0.05) is 18.2 Å². The molecular formula is C15H14N2O2. The van der Waals surface area contributed by atoms with Crippen LogP contribution >= 0.6 is 0 Å². The standard InChI is InChI=1S/C15H14N2O2/c1-10-16-13-9-5-8-12(13)14(17-10)19-15(18)11-6-3-2-4-7-11/h2-4,6-7H,5,8-9H2,1H3. The number of ether oxygens (including phenoxy) is 1. The maximum atomic E-state index is 12.0. The Balaban J connectivity index is 1.90. The molecule has 0 aliphatic heterocycles. The molecular weight excluding hydrogens is 240 g/mol. The predicted molar refractivity (Wildman–Crippen MR) is 70.2 cm³/mol. The molecule has 0 radical (unpaired) electrons. The van der Waals surface area contributed by atoms with E-state index in [9.17, 15) is 4.79 Å². The van der Waals surface area contributed by atoms with E-state index < -0.39 is 0 Å². The van der Waals surface area contributed by atoms with Crippen molar-refractivity contribution in [1.82, 2.24) is 9.97 Å². The summed E-state index contributed by atoms with van der Waals surface area (Å²) in [4.78, 5) is 20.7. The molecule has 1 aliphatic carbocycles. The highest BCUT2D eigenvalue weighted by molar-refractivity contribution is 5.90. The quantitative estimate of drug-likeness (QED) is 0.773. The molecule has 0 N–H and O–H groups in total. The first kappa shape index (κ1) is 11.8. The van der Waals surface area contributed by atoms with Gasteiger partial charge in [0.25, 0.3) is 0 Å². The van der Waals surface area contributed by atoms with Gasteiger partial charge < -0.3 is 4.74 Å². The van der Waals surface area contributed by atoms with E-state index in [1.807, 2.05) is 25.1 Å². The molecule has 1 aromatic carbocycles. The van der Waals surface area contributed by atoms with Gasteiger partial charge in [0.05, 0.1) is 11.3 Å². The molecule has 2 aromatic rings. The molecule has 0 bridgehead atoms. The Morgan fingerprint density at radius 2 is 1.95 bits per heavy atom. The van der Waals surface area contributed by atoms with Crippen molar-refractivity contribution in [1.29, 1.82) is 0 Å². The summed E-state index contributed by atoms with van der Waals surface area (Å²) in [5, 5.41) is 0. The van der Waals surface area contributed by atoms with Crippen LogP contribution in [-0.2, 0) is 12.8 Å². The Morgan fingerprint density at radius 1 is 1.16 bits per heavy atom. The van der Waals surface area contributed by atoms with Gasteiger partial charge in [-0.25, -0.2) is 9.78 Å². The molecule has 19 heavy (non-hydrogen) atoms. The second-order valence-electron chi connectivity index (χ2n) is 4.61. The minimum Gasteiger partial charge on any atom is -0.403 e. The summed E-state index contributed by atoms with van der Waals surface area (Å²) in [5.74, 6) is 0.707. The largest absolute Gasteiger partial charge is 0.403 e. The summed E-state index contributed by atoms with van der Waals surface area (Å²) in [7, 11) is 0. The average Bonchev–Trinajstić information content (AvgIpc) is 2.88. The summed E-state index contributed by atoms with van der Waals surface area (Å²) in [5.41, 5.74) is 2.53. The molecule has 1 heterocycles. The third-order valence-electron chi connectivity index (χ3n) is 3.21. The fourth-order valence-corrected chi connectivity index (χ4v) is 2.32. The van der Waals surface area contributed by atoms with Gasteiger partial charge >= 0.3 is 5.97 Å². The fourth-order valence-electron chi connectivity index (χ4n) is 2.32. The van der Waals surface area contributed by atoms with Gasteiger partial charge in [0.2, 0.25) is 5.88 Å². The van der Waals surface area contributed by atoms with Gasteiger partial charge in [-0.15, -0.1) is 0 Å². The number of benzene rings is 1. The van der Waals surface area contributed by atoms with E-state index >= 15 is 0 Å². The predicted octanol–water partition coefficient (Wildman–Crippen LogP) is 2.49. The van der Waals surface area contributed by atoms with Gasteiger partial charge in [-0.05, 0) is 38.3 Å². The van der Waals surface area contributed by atoms with Crippen molar-refractivity contribution in [3.05, 3.63) is 53.0 Å². The van der Waals surface area contributed by atoms with Crippen molar-refractivity contribution >= 4 is 5.97 Å². The van der Waals surface area contributed by atoms with E-state index in [0.29, 0.717) is 17.3 Å². The van der Waals surface area contributed by atoms with Crippen molar-refractivity contribution in [2.75, 3.05) is 0 Å². The van der Waals surface area contributed by atoms with Crippen LogP contribution < -0.4 is 4.74 Å². The summed E-state index contributed by atoms with van der Waals surface area (Å²) in [6, 6.07) is 8.95. The monoisotopic (exact) mass is 254 g/mol. The highest BCUT2D eigenvalue weighted by atomic mass is 16.5. The zero-order chi connectivity index (χ0) is 13.2. The number of hydrogen-bond acceptors (Lipinski definition) is 4. The van der Waals surface area contributed by atoms with Gasteiger partial charge in [0, 0.05) is 5.56 Å². The van der Waals surface area contributed by atoms with E-state index in [-0.39, 0.29) is 5.97 Å². The van der Waals surface area contributed by atoms with E-state index in [1.54, 1.807) is 12.1 Å². The molecule has 1 aliphatic rings. The lowest BCUT2D eigenvalue weighted by atomic mass is 10.2.